The molecule has 0 unspecified atom stereocenters. The topological polar surface area (TPSA) is 73.4 Å². The third-order valence-corrected chi connectivity index (χ3v) is 4.82. The second-order valence-corrected chi connectivity index (χ2v) is 6.92. The van der Waals surface area contributed by atoms with Gasteiger partial charge in [0.25, 0.3) is 5.91 Å². The lowest BCUT2D eigenvalue weighted by Gasteiger charge is -2.16. The number of aryl methyl sites for hydroxylation is 2. The molecule has 0 aliphatic heterocycles. The molecule has 0 aliphatic rings. The van der Waals surface area contributed by atoms with Gasteiger partial charge < -0.3 is 14.2 Å². The van der Waals surface area contributed by atoms with Gasteiger partial charge in [0.05, 0.1) is 17.3 Å². The number of aromatic nitrogens is 3. The van der Waals surface area contributed by atoms with E-state index in [2.05, 4.69) is 10.3 Å². The maximum absolute atomic E-state index is 12.9. The summed E-state index contributed by atoms with van der Waals surface area (Å²) in [5.41, 5.74) is 1.44. The van der Waals surface area contributed by atoms with E-state index in [1.165, 1.54) is 17.0 Å². The molecule has 0 radical (unpaired) electrons. The van der Waals surface area contributed by atoms with Crippen molar-refractivity contribution in [2.45, 2.75) is 33.2 Å². The molecule has 0 atom stereocenters. The first-order chi connectivity index (χ1) is 14.1. The molecule has 1 amide bonds. The summed E-state index contributed by atoms with van der Waals surface area (Å²) < 4.78 is 51.0. The average Bonchev–Trinajstić information content (AvgIpc) is 3.22. The van der Waals surface area contributed by atoms with E-state index in [9.17, 15) is 18.0 Å². The van der Waals surface area contributed by atoms with Crippen molar-refractivity contribution >= 4 is 5.91 Å². The predicted molar refractivity (Wildman–Crippen MR) is 101 cm³/mol. The van der Waals surface area contributed by atoms with Crippen molar-refractivity contribution in [2.75, 3.05) is 7.05 Å². The van der Waals surface area contributed by atoms with Gasteiger partial charge in [-0.15, -0.1) is 0 Å². The fraction of sp³-hybridized carbons (Fsp3) is 0.350. The minimum Gasteiger partial charge on any atom is -0.489 e. The molecule has 0 spiro atoms. The quantitative estimate of drug-likeness (QED) is 0.603. The van der Waals surface area contributed by atoms with Crippen LogP contribution in [-0.2, 0) is 26.4 Å². The zero-order chi connectivity index (χ0) is 22.1. The van der Waals surface area contributed by atoms with Gasteiger partial charge in [0, 0.05) is 31.9 Å². The number of hydrogen-bond acceptors (Lipinski definition) is 5. The summed E-state index contributed by atoms with van der Waals surface area (Å²) in [6, 6.07) is 4.54. The highest BCUT2D eigenvalue weighted by atomic mass is 19.4. The minimum atomic E-state index is -4.47. The number of hydrogen-bond donors (Lipinski definition) is 0. The summed E-state index contributed by atoms with van der Waals surface area (Å²) in [6.45, 7) is 3.67. The van der Waals surface area contributed by atoms with E-state index in [4.69, 9.17) is 9.26 Å². The first-order valence-electron chi connectivity index (χ1n) is 9.06. The first-order valence-corrected chi connectivity index (χ1v) is 9.06. The number of carbonyl (C=O) groups is 1. The van der Waals surface area contributed by atoms with Crippen LogP contribution in [0.5, 0.6) is 5.75 Å². The Hall–Kier alpha value is -3.30. The van der Waals surface area contributed by atoms with Gasteiger partial charge in [0.2, 0.25) is 0 Å². The van der Waals surface area contributed by atoms with Gasteiger partial charge >= 0.3 is 6.18 Å². The van der Waals surface area contributed by atoms with Crippen LogP contribution in [-0.4, -0.2) is 32.8 Å². The lowest BCUT2D eigenvalue weighted by molar-refractivity contribution is -0.137. The Bertz CT molecular complexity index is 1060. The molecule has 3 rings (SSSR count). The molecule has 10 heteroatoms. The number of carbonyl (C=O) groups excluding carboxylic acids is 1. The second-order valence-electron chi connectivity index (χ2n) is 6.92. The van der Waals surface area contributed by atoms with Crippen LogP contribution in [0.3, 0.4) is 0 Å². The molecule has 1 aromatic carbocycles. The van der Waals surface area contributed by atoms with Gasteiger partial charge in [-0.25, -0.2) is 0 Å². The molecule has 0 bridgehead atoms. The maximum Gasteiger partial charge on any atom is 0.416 e. The van der Waals surface area contributed by atoms with Crippen LogP contribution in [0, 0.1) is 13.8 Å². The molecule has 0 aliphatic carbocycles. The number of ether oxygens (including phenoxy) is 1. The van der Waals surface area contributed by atoms with Gasteiger partial charge in [-0.2, -0.15) is 18.3 Å². The van der Waals surface area contributed by atoms with Crippen LogP contribution in [0.15, 0.2) is 35.0 Å². The van der Waals surface area contributed by atoms with Crippen molar-refractivity contribution in [2.24, 2.45) is 7.05 Å². The number of nitrogens with zero attached hydrogens (tertiary/aromatic N) is 4. The molecular formula is C20H21F3N4O3. The van der Waals surface area contributed by atoms with Crippen molar-refractivity contribution in [3.05, 3.63) is 64.3 Å². The molecule has 30 heavy (non-hydrogen) atoms. The Morgan fingerprint density at radius 2 is 2.03 bits per heavy atom. The summed E-state index contributed by atoms with van der Waals surface area (Å²) in [5.74, 6) is -0.00260. The van der Waals surface area contributed by atoms with Gasteiger partial charge in [-0.05, 0) is 32.0 Å². The van der Waals surface area contributed by atoms with Crippen LogP contribution in [0.25, 0.3) is 0 Å². The Morgan fingerprint density at radius 3 is 2.67 bits per heavy atom. The zero-order valence-corrected chi connectivity index (χ0v) is 16.9. The number of amides is 1. The third kappa shape index (κ3) is 4.47. The monoisotopic (exact) mass is 422 g/mol. The lowest BCUT2D eigenvalue weighted by Crippen LogP contribution is -2.27. The van der Waals surface area contributed by atoms with Gasteiger partial charge in [0.15, 0.2) is 5.69 Å². The summed E-state index contributed by atoms with van der Waals surface area (Å²) in [7, 11) is 3.43. The Balaban J connectivity index is 1.75. The van der Waals surface area contributed by atoms with E-state index < -0.39 is 17.6 Å². The standard InChI is InChI=1S/C20H21F3N4O3/c1-12-14(9-24-27(12)4)10-26(3)19(28)18-17(13(2)30-25-18)11-29-16-7-5-6-15(8-16)20(21,22)23/h5-9H,10-11H2,1-4H3. The van der Waals surface area contributed by atoms with Crippen LogP contribution < -0.4 is 4.74 Å². The Labute approximate surface area is 171 Å². The van der Waals surface area contributed by atoms with E-state index in [0.717, 1.165) is 23.4 Å². The number of rotatable bonds is 6. The molecule has 2 heterocycles. The van der Waals surface area contributed by atoms with Crippen molar-refractivity contribution < 1.29 is 27.2 Å². The maximum atomic E-state index is 12.9. The summed E-state index contributed by atoms with van der Waals surface area (Å²) in [5, 5.41) is 7.98. The minimum absolute atomic E-state index is 0.0307. The highest BCUT2D eigenvalue weighted by Crippen LogP contribution is 2.31. The molecule has 0 saturated carbocycles. The molecule has 3 aromatic rings. The highest BCUT2D eigenvalue weighted by Gasteiger charge is 2.31. The number of halogens is 3. The SMILES string of the molecule is Cc1onc(C(=O)N(C)Cc2cnn(C)c2C)c1COc1cccc(C(F)(F)F)c1. The van der Waals surface area contributed by atoms with Gasteiger partial charge in [-0.1, -0.05) is 11.2 Å². The first kappa shape index (κ1) is 21.4. The molecule has 0 saturated heterocycles. The zero-order valence-electron chi connectivity index (χ0n) is 16.9. The van der Waals surface area contributed by atoms with Crippen molar-refractivity contribution in [1.82, 2.24) is 19.8 Å². The second kappa shape index (κ2) is 8.21. The van der Waals surface area contributed by atoms with E-state index in [-0.39, 0.29) is 18.1 Å². The molecule has 2 aromatic heterocycles. The van der Waals surface area contributed by atoms with Gasteiger partial charge in [0.1, 0.15) is 18.1 Å². The highest BCUT2D eigenvalue weighted by molar-refractivity contribution is 5.93. The van der Waals surface area contributed by atoms with Crippen LogP contribution in [0.2, 0.25) is 0 Å². The lowest BCUT2D eigenvalue weighted by atomic mass is 10.1. The fourth-order valence-corrected chi connectivity index (χ4v) is 2.85. The molecule has 160 valence electrons. The molecule has 0 N–H and O–H groups in total. The fourth-order valence-electron chi connectivity index (χ4n) is 2.85. The van der Waals surface area contributed by atoms with E-state index >= 15 is 0 Å². The van der Waals surface area contributed by atoms with E-state index in [1.54, 1.807) is 24.9 Å². The number of alkyl halides is 3. The summed E-state index contributed by atoms with van der Waals surface area (Å²) in [6.07, 6.45) is -2.79. The normalized spacial score (nSPS) is 11.6. The van der Waals surface area contributed by atoms with Crippen molar-refractivity contribution in [3.8, 4) is 5.75 Å². The molecule has 0 fully saturated rings. The van der Waals surface area contributed by atoms with E-state index in [0.29, 0.717) is 17.9 Å². The summed E-state index contributed by atoms with van der Waals surface area (Å²) >= 11 is 0. The van der Waals surface area contributed by atoms with Crippen LogP contribution in [0.4, 0.5) is 13.2 Å². The largest absolute Gasteiger partial charge is 0.489 e. The Morgan fingerprint density at radius 1 is 1.30 bits per heavy atom. The summed E-state index contributed by atoms with van der Waals surface area (Å²) in [4.78, 5) is 14.3. The van der Waals surface area contributed by atoms with E-state index in [1.807, 2.05) is 14.0 Å². The number of benzene rings is 1. The van der Waals surface area contributed by atoms with Crippen molar-refractivity contribution in [3.63, 3.8) is 0 Å². The average molecular weight is 422 g/mol. The molecular weight excluding hydrogens is 401 g/mol. The van der Waals surface area contributed by atoms with Crippen LogP contribution in [0.1, 0.15) is 38.6 Å². The third-order valence-electron chi connectivity index (χ3n) is 4.82. The Kier molecular flexibility index (Phi) is 5.86. The van der Waals surface area contributed by atoms with Crippen molar-refractivity contribution in [1.29, 1.82) is 0 Å². The van der Waals surface area contributed by atoms with Gasteiger partial charge in [-0.3, -0.25) is 9.48 Å². The van der Waals surface area contributed by atoms with Crippen LogP contribution >= 0.6 is 0 Å². The molecule has 7 nitrogen and oxygen atoms in total. The predicted octanol–water partition coefficient (Wildman–Crippen LogP) is 3.89. The smallest absolute Gasteiger partial charge is 0.416 e.